The summed E-state index contributed by atoms with van der Waals surface area (Å²) in [5.41, 5.74) is 0.830. The lowest BCUT2D eigenvalue weighted by Crippen LogP contribution is -2.07. The largest absolute Gasteiger partial charge is 0.466 e. The summed E-state index contributed by atoms with van der Waals surface area (Å²) < 4.78 is 4.84. The molecular formula is C14H27NO2S. The van der Waals surface area contributed by atoms with Gasteiger partial charge in [-0.3, -0.25) is 4.79 Å². The van der Waals surface area contributed by atoms with E-state index in [0.717, 1.165) is 23.5 Å². The third kappa shape index (κ3) is 9.16. The molecule has 0 amide bonds. The summed E-state index contributed by atoms with van der Waals surface area (Å²) in [6, 6.07) is 0. The van der Waals surface area contributed by atoms with Crippen molar-refractivity contribution in [2.24, 2.45) is 0 Å². The van der Waals surface area contributed by atoms with Crippen molar-refractivity contribution < 1.29 is 9.53 Å². The molecule has 0 aromatic carbocycles. The standard InChI is InChI=1S/C10H15NO2S.2C2H6/c1-3-5-9-11-8(7-14-9)6-10(12)13-4-2;2*1-2/h7H,3-6H2,1-2H3;2*1-2H3. The predicted octanol–water partition coefficient (Wildman–Crippen LogP) is 4.25. The predicted molar refractivity (Wildman–Crippen MR) is 79.1 cm³/mol. The van der Waals surface area contributed by atoms with E-state index in [9.17, 15) is 4.79 Å². The number of aromatic nitrogens is 1. The first-order chi connectivity index (χ1) is 8.76. The highest BCUT2D eigenvalue weighted by atomic mass is 32.1. The number of ether oxygens (including phenoxy) is 1. The van der Waals surface area contributed by atoms with E-state index in [4.69, 9.17) is 4.74 Å². The Hall–Kier alpha value is -0.900. The zero-order valence-electron chi connectivity index (χ0n) is 12.6. The van der Waals surface area contributed by atoms with E-state index in [1.807, 2.05) is 40.0 Å². The van der Waals surface area contributed by atoms with Crippen LogP contribution in [0.15, 0.2) is 5.38 Å². The maximum atomic E-state index is 11.1. The van der Waals surface area contributed by atoms with Gasteiger partial charge in [-0.1, -0.05) is 34.6 Å². The molecule has 1 rings (SSSR count). The molecule has 0 aliphatic rings. The van der Waals surface area contributed by atoms with E-state index < -0.39 is 0 Å². The highest BCUT2D eigenvalue weighted by Gasteiger charge is 2.07. The average Bonchev–Trinajstić information content (AvgIpc) is 2.82. The van der Waals surface area contributed by atoms with Crippen molar-refractivity contribution in [3.05, 3.63) is 16.1 Å². The summed E-state index contributed by atoms with van der Waals surface area (Å²) in [5.74, 6) is -0.194. The number of esters is 1. The Morgan fingerprint density at radius 1 is 1.28 bits per heavy atom. The van der Waals surface area contributed by atoms with Crippen molar-refractivity contribution in [1.82, 2.24) is 4.98 Å². The number of nitrogens with zero attached hydrogens (tertiary/aromatic N) is 1. The quantitative estimate of drug-likeness (QED) is 0.753. The zero-order valence-corrected chi connectivity index (χ0v) is 13.4. The van der Waals surface area contributed by atoms with Crippen LogP contribution >= 0.6 is 11.3 Å². The van der Waals surface area contributed by atoms with Crippen molar-refractivity contribution in [2.75, 3.05) is 6.61 Å². The lowest BCUT2D eigenvalue weighted by Gasteiger charge is -1.97. The molecule has 0 saturated heterocycles. The lowest BCUT2D eigenvalue weighted by atomic mass is 10.3. The van der Waals surface area contributed by atoms with Crippen LogP contribution in [0, 0.1) is 0 Å². The molecule has 0 unspecified atom stereocenters. The minimum absolute atomic E-state index is 0.194. The number of hydrogen-bond acceptors (Lipinski definition) is 4. The monoisotopic (exact) mass is 273 g/mol. The second-order valence-electron chi connectivity index (χ2n) is 2.96. The van der Waals surface area contributed by atoms with Crippen molar-refractivity contribution in [1.29, 1.82) is 0 Å². The maximum Gasteiger partial charge on any atom is 0.311 e. The van der Waals surface area contributed by atoms with Crippen LogP contribution in [0.3, 0.4) is 0 Å². The van der Waals surface area contributed by atoms with Gasteiger partial charge in [0.25, 0.3) is 0 Å². The molecule has 0 atom stereocenters. The van der Waals surface area contributed by atoms with E-state index in [-0.39, 0.29) is 5.97 Å². The Kier molecular flexibility index (Phi) is 15.3. The zero-order chi connectivity index (χ0) is 14.4. The van der Waals surface area contributed by atoms with Crippen molar-refractivity contribution in [3.63, 3.8) is 0 Å². The Bertz CT molecular complexity index is 298. The van der Waals surface area contributed by atoms with Gasteiger partial charge in [-0.05, 0) is 19.8 Å². The molecule has 0 aliphatic carbocycles. The van der Waals surface area contributed by atoms with Gasteiger partial charge in [0.05, 0.1) is 23.7 Å². The highest BCUT2D eigenvalue weighted by molar-refractivity contribution is 7.09. The summed E-state index contributed by atoms with van der Waals surface area (Å²) in [4.78, 5) is 15.5. The summed E-state index contributed by atoms with van der Waals surface area (Å²) in [7, 11) is 0. The molecule has 1 aromatic rings. The van der Waals surface area contributed by atoms with Crippen molar-refractivity contribution in [3.8, 4) is 0 Å². The first-order valence-electron chi connectivity index (χ1n) is 6.85. The van der Waals surface area contributed by atoms with E-state index in [1.54, 1.807) is 11.3 Å². The van der Waals surface area contributed by atoms with E-state index >= 15 is 0 Å². The summed E-state index contributed by atoms with van der Waals surface area (Å²) in [5, 5.41) is 3.04. The maximum absolute atomic E-state index is 11.1. The summed E-state index contributed by atoms with van der Waals surface area (Å²) in [6.07, 6.45) is 2.38. The SMILES string of the molecule is CC.CC.CCCc1nc(CC(=O)OCC)cs1. The van der Waals surface area contributed by atoms with Crippen molar-refractivity contribution >= 4 is 17.3 Å². The molecular weight excluding hydrogens is 246 g/mol. The molecule has 0 bridgehead atoms. The van der Waals surface area contributed by atoms with Gasteiger partial charge in [-0.2, -0.15) is 0 Å². The average molecular weight is 273 g/mol. The fraction of sp³-hybridized carbons (Fsp3) is 0.714. The fourth-order valence-electron chi connectivity index (χ4n) is 1.12. The number of hydrogen-bond donors (Lipinski definition) is 0. The van der Waals surface area contributed by atoms with Gasteiger partial charge in [0.15, 0.2) is 0 Å². The van der Waals surface area contributed by atoms with Crippen LogP contribution < -0.4 is 0 Å². The van der Waals surface area contributed by atoms with Crippen LogP contribution in [0.2, 0.25) is 0 Å². The molecule has 4 heteroatoms. The molecule has 3 nitrogen and oxygen atoms in total. The first-order valence-corrected chi connectivity index (χ1v) is 7.73. The smallest absolute Gasteiger partial charge is 0.311 e. The number of carbonyl (C=O) groups excluding carboxylic acids is 1. The topological polar surface area (TPSA) is 39.2 Å². The molecule has 106 valence electrons. The van der Waals surface area contributed by atoms with Gasteiger partial charge in [-0.25, -0.2) is 4.98 Å². The Morgan fingerprint density at radius 3 is 2.39 bits per heavy atom. The molecule has 0 spiro atoms. The van der Waals surface area contributed by atoms with Gasteiger partial charge >= 0.3 is 5.97 Å². The minimum atomic E-state index is -0.194. The molecule has 0 saturated carbocycles. The molecule has 18 heavy (non-hydrogen) atoms. The minimum Gasteiger partial charge on any atom is -0.466 e. The van der Waals surface area contributed by atoms with E-state index in [1.165, 1.54) is 0 Å². The number of rotatable bonds is 5. The van der Waals surface area contributed by atoms with Gasteiger partial charge in [0.2, 0.25) is 0 Å². The van der Waals surface area contributed by atoms with E-state index in [2.05, 4.69) is 11.9 Å². The second kappa shape index (κ2) is 14.2. The van der Waals surface area contributed by atoms with Crippen LogP contribution in [0.5, 0.6) is 0 Å². The van der Waals surface area contributed by atoms with Crippen LogP contribution in [0.1, 0.15) is 58.7 Å². The Morgan fingerprint density at radius 2 is 1.89 bits per heavy atom. The Balaban J connectivity index is 0. The number of thiazole rings is 1. The molecule has 0 fully saturated rings. The van der Waals surface area contributed by atoms with Gasteiger partial charge in [-0.15, -0.1) is 11.3 Å². The summed E-state index contributed by atoms with van der Waals surface area (Å²) in [6.45, 7) is 12.4. The van der Waals surface area contributed by atoms with Crippen LogP contribution in [-0.4, -0.2) is 17.6 Å². The third-order valence-electron chi connectivity index (χ3n) is 1.69. The molecule has 1 heterocycles. The number of aryl methyl sites for hydroxylation is 1. The normalized spacial score (nSPS) is 8.56. The highest BCUT2D eigenvalue weighted by Crippen LogP contribution is 2.12. The van der Waals surface area contributed by atoms with Crippen LogP contribution in [0.4, 0.5) is 0 Å². The van der Waals surface area contributed by atoms with Crippen LogP contribution in [0.25, 0.3) is 0 Å². The van der Waals surface area contributed by atoms with Crippen LogP contribution in [-0.2, 0) is 22.4 Å². The third-order valence-corrected chi connectivity index (χ3v) is 2.65. The Labute approximate surface area is 116 Å². The van der Waals surface area contributed by atoms with Gasteiger partial charge in [0.1, 0.15) is 0 Å². The van der Waals surface area contributed by atoms with Crippen molar-refractivity contribution in [2.45, 2.75) is 60.8 Å². The van der Waals surface area contributed by atoms with Gasteiger partial charge < -0.3 is 4.74 Å². The lowest BCUT2D eigenvalue weighted by molar-refractivity contribution is -0.142. The second-order valence-corrected chi connectivity index (χ2v) is 3.91. The molecule has 0 radical (unpaired) electrons. The van der Waals surface area contributed by atoms with Gasteiger partial charge in [0, 0.05) is 5.38 Å². The number of carbonyl (C=O) groups is 1. The fourth-order valence-corrected chi connectivity index (χ4v) is 2.02. The first kappa shape index (κ1) is 19.4. The summed E-state index contributed by atoms with van der Waals surface area (Å²) >= 11 is 1.62. The molecule has 0 N–H and O–H groups in total. The molecule has 1 aromatic heterocycles. The molecule has 0 aliphatic heterocycles. The van der Waals surface area contributed by atoms with E-state index in [0.29, 0.717) is 13.0 Å².